The van der Waals surface area contributed by atoms with E-state index in [0.717, 1.165) is 29.7 Å². The van der Waals surface area contributed by atoms with Gasteiger partial charge in [-0.1, -0.05) is 6.07 Å². The Morgan fingerprint density at radius 1 is 1.24 bits per heavy atom. The lowest BCUT2D eigenvalue weighted by Crippen LogP contribution is -2.43. The Bertz CT molecular complexity index is 514. The standard InChI is InChI=1S/C16H23NO3S/c1-12-8-13(2)10-15(9-12)20-11-16(18)17(3)14-4-6-21(19)7-5-14/h8-10,14H,4-7,11H2,1-3H3. The van der Waals surface area contributed by atoms with Gasteiger partial charge in [-0.15, -0.1) is 0 Å². The highest BCUT2D eigenvalue weighted by molar-refractivity contribution is 7.85. The summed E-state index contributed by atoms with van der Waals surface area (Å²) in [7, 11) is 1.11. The average molecular weight is 309 g/mol. The number of benzene rings is 1. The second-order valence-electron chi connectivity index (χ2n) is 5.70. The normalized spacial score (nSPS) is 21.9. The average Bonchev–Trinajstić information content (AvgIpc) is 2.44. The molecule has 0 spiro atoms. The fourth-order valence-electron chi connectivity index (χ4n) is 2.64. The Kier molecular flexibility index (Phi) is 5.39. The fraction of sp³-hybridized carbons (Fsp3) is 0.562. The molecule has 0 N–H and O–H groups in total. The van der Waals surface area contributed by atoms with Crippen molar-refractivity contribution in [1.29, 1.82) is 0 Å². The van der Waals surface area contributed by atoms with E-state index in [9.17, 15) is 9.00 Å². The number of carbonyl (C=O) groups is 1. The molecular weight excluding hydrogens is 286 g/mol. The van der Waals surface area contributed by atoms with Crippen LogP contribution in [0.5, 0.6) is 5.75 Å². The fourth-order valence-corrected chi connectivity index (χ4v) is 3.91. The smallest absolute Gasteiger partial charge is 0.260 e. The number of rotatable bonds is 4. The number of carbonyl (C=O) groups excluding carboxylic acids is 1. The van der Waals surface area contributed by atoms with Crippen LogP contribution in [0, 0.1) is 13.8 Å². The highest BCUT2D eigenvalue weighted by Crippen LogP contribution is 2.18. The molecule has 116 valence electrons. The molecule has 2 rings (SSSR count). The van der Waals surface area contributed by atoms with E-state index in [2.05, 4.69) is 6.07 Å². The molecule has 21 heavy (non-hydrogen) atoms. The molecule has 4 nitrogen and oxygen atoms in total. The Morgan fingerprint density at radius 3 is 2.38 bits per heavy atom. The van der Waals surface area contributed by atoms with Gasteiger partial charge >= 0.3 is 0 Å². The van der Waals surface area contributed by atoms with E-state index >= 15 is 0 Å². The third kappa shape index (κ3) is 4.56. The summed E-state index contributed by atoms with van der Waals surface area (Å²) in [5, 5.41) is 0. The number of hydrogen-bond donors (Lipinski definition) is 0. The summed E-state index contributed by atoms with van der Waals surface area (Å²) in [5.74, 6) is 2.10. The van der Waals surface area contributed by atoms with Crippen molar-refractivity contribution in [2.75, 3.05) is 25.2 Å². The number of likely N-dealkylation sites (N-methyl/N-ethyl adjacent to an activating group) is 1. The van der Waals surface area contributed by atoms with Crippen molar-refractivity contribution in [1.82, 2.24) is 4.90 Å². The zero-order valence-electron chi connectivity index (χ0n) is 12.9. The summed E-state index contributed by atoms with van der Waals surface area (Å²) in [4.78, 5) is 13.9. The summed E-state index contributed by atoms with van der Waals surface area (Å²) >= 11 is 0. The maximum atomic E-state index is 12.2. The van der Waals surface area contributed by atoms with Crippen LogP contribution < -0.4 is 4.74 Å². The third-order valence-corrected chi connectivity index (χ3v) is 5.24. The number of hydrogen-bond acceptors (Lipinski definition) is 3. The quantitative estimate of drug-likeness (QED) is 0.855. The summed E-state index contributed by atoms with van der Waals surface area (Å²) in [6, 6.07) is 6.13. The van der Waals surface area contributed by atoms with Gasteiger partial charge in [-0.05, 0) is 49.9 Å². The van der Waals surface area contributed by atoms with Crippen LogP contribution in [0.3, 0.4) is 0 Å². The lowest BCUT2D eigenvalue weighted by atomic mass is 10.1. The highest BCUT2D eigenvalue weighted by atomic mass is 32.2. The van der Waals surface area contributed by atoms with Gasteiger partial charge in [0, 0.05) is 35.4 Å². The second-order valence-corrected chi connectivity index (χ2v) is 7.39. The van der Waals surface area contributed by atoms with E-state index in [1.807, 2.05) is 33.0 Å². The summed E-state index contributed by atoms with van der Waals surface area (Å²) in [5.41, 5.74) is 2.25. The molecule has 5 heteroatoms. The maximum absolute atomic E-state index is 12.2. The van der Waals surface area contributed by atoms with Gasteiger partial charge in [0.1, 0.15) is 5.75 Å². The Labute approximate surface area is 128 Å². The maximum Gasteiger partial charge on any atom is 0.260 e. The predicted octanol–water partition coefficient (Wildman–Crippen LogP) is 2.05. The van der Waals surface area contributed by atoms with Crippen LogP contribution in [0.4, 0.5) is 0 Å². The predicted molar refractivity (Wildman–Crippen MR) is 85.1 cm³/mol. The first-order valence-corrected chi connectivity index (χ1v) is 8.76. The van der Waals surface area contributed by atoms with Crippen LogP contribution in [0.1, 0.15) is 24.0 Å². The lowest BCUT2D eigenvalue weighted by Gasteiger charge is -2.30. The van der Waals surface area contributed by atoms with Crippen LogP contribution in [-0.2, 0) is 15.6 Å². The van der Waals surface area contributed by atoms with Crippen LogP contribution in [0.25, 0.3) is 0 Å². The molecule has 1 aromatic rings. The van der Waals surface area contributed by atoms with Gasteiger partial charge in [-0.2, -0.15) is 0 Å². The van der Waals surface area contributed by atoms with Crippen LogP contribution in [0.2, 0.25) is 0 Å². The van der Waals surface area contributed by atoms with E-state index < -0.39 is 10.8 Å². The lowest BCUT2D eigenvalue weighted by molar-refractivity contribution is -0.134. The molecule has 1 aromatic carbocycles. The SMILES string of the molecule is Cc1cc(C)cc(OCC(=O)N(C)C2CCS(=O)CC2)c1. The first kappa shape index (κ1) is 16.0. The number of aryl methyl sites for hydroxylation is 2. The monoisotopic (exact) mass is 309 g/mol. The highest BCUT2D eigenvalue weighted by Gasteiger charge is 2.24. The van der Waals surface area contributed by atoms with Gasteiger partial charge in [0.15, 0.2) is 6.61 Å². The number of ether oxygens (including phenoxy) is 1. The van der Waals surface area contributed by atoms with Crippen LogP contribution in [0.15, 0.2) is 18.2 Å². The van der Waals surface area contributed by atoms with Crippen molar-refractivity contribution in [2.45, 2.75) is 32.7 Å². The molecule has 0 aromatic heterocycles. The van der Waals surface area contributed by atoms with Crippen molar-refractivity contribution in [3.05, 3.63) is 29.3 Å². The van der Waals surface area contributed by atoms with Crippen molar-refractivity contribution in [3.63, 3.8) is 0 Å². The Hall–Kier alpha value is -1.36. The zero-order valence-corrected chi connectivity index (χ0v) is 13.7. The van der Waals surface area contributed by atoms with E-state index in [1.165, 1.54) is 0 Å². The van der Waals surface area contributed by atoms with Crippen molar-refractivity contribution in [2.24, 2.45) is 0 Å². The van der Waals surface area contributed by atoms with Gasteiger partial charge in [0.25, 0.3) is 5.91 Å². The molecule has 0 atom stereocenters. The van der Waals surface area contributed by atoms with Crippen molar-refractivity contribution < 1.29 is 13.7 Å². The minimum Gasteiger partial charge on any atom is -0.484 e. The second kappa shape index (κ2) is 7.07. The Morgan fingerprint density at radius 2 is 1.81 bits per heavy atom. The van der Waals surface area contributed by atoms with Crippen LogP contribution in [-0.4, -0.2) is 46.2 Å². The van der Waals surface area contributed by atoms with Crippen molar-refractivity contribution >= 4 is 16.7 Å². The molecule has 0 saturated carbocycles. The van der Waals surface area contributed by atoms with Crippen LogP contribution >= 0.6 is 0 Å². The first-order valence-electron chi connectivity index (χ1n) is 7.27. The van der Waals surface area contributed by atoms with Gasteiger partial charge in [-0.25, -0.2) is 0 Å². The number of amides is 1. The molecule has 0 bridgehead atoms. The zero-order chi connectivity index (χ0) is 15.4. The van der Waals surface area contributed by atoms with E-state index in [1.54, 1.807) is 4.90 Å². The van der Waals surface area contributed by atoms with Gasteiger partial charge in [0.05, 0.1) is 0 Å². The minimum absolute atomic E-state index is 0.0214. The van der Waals surface area contributed by atoms with E-state index in [0.29, 0.717) is 11.5 Å². The number of nitrogens with zero attached hydrogens (tertiary/aromatic N) is 1. The molecule has 0 unspecified atom stereocenters. The summed E-state index contributed by atoms with van der Waals surface area (Å²) in [6.45, 7) is 4.07. The topological polar surface area (TPSA) is 46.6 Å². The Balaban J connectivity index is 1.87. The molecule has 1 aliphatic heterocycles. The van der Waals surface area contributed by atoms with Gasteiger partial charge in [0.2, 0.25) is 0 Å². The molecule has 0 aliphatic carbocycles. The molecule has 1 fully saturated rings. The third-order valence-electron chi connectivity index (χ3n) is 3.86. The molecular formula is C16H23NO3S. The van der Waals surface area contributed by atoms with E-state index in [4.69, 9.17) is 4.74 Å². The molecule has 1 aliphatic rings. The minimum atomic E-state index is -0.699. The summed E-state index contributed by atoms with van der Waals surface area (Å²) in [6.07, 6.45) is 1.64. The molecule has 1 saturated heterocycles. The van der Waals surface area contributed by atoms with E-state index in [-0.39, 0.29) is 18.6 Å². The van der Waals surface area contributed by atoms with Gasteiger partial charge in [-0.3, -0.25) is 9.00 Å². The molecule has 0 radical (unpaired) electrons. The molecule has 1 amide bonds. The molecule has 1 heterocycles. The summed E-state index contributed by atoms with van der Waals surface area (Å²) < 4.78 is 17.0. The largest absolute Gasteiger partial charge is 0.484 e. The first-order chi connectivity index (χ1) is 9.95. The van der Waals surface area contributed by atoms with Gasteiger partial charge < -0.3 is 9.64 Å². The van der Waals surface area contributed by atoms with Crippen molar-refractivity contribution in [3.8, 4) is 5.75 Å².